The van der Waals surface area contributed by atoms with Gasteiger partial charge in [0.25, 0.3) is 0 Å². The van der Waals surface area contributed by atoms with Gasteiger partial charge in [-0.25, -0.2) is 0 Å². The summed E-state index contributed by atoms with van der Waals surface area (Å²) in [5, 5.41) is 10.1. The first-order valence-corrected chi connectivity index (χ1v) is 15.6. The molecular formula is C34H42N2O5. The molecule has 2 saturated carbocycles. The number of amides is 1. The number of rotatable bonds is 10. The number of likely N-dealkylation sites (N-methyl/N-ethyl adjacent to an activating group) is 1. The van der Waals surface area contributed by atoms with E-state index in [4.69, 9.17) is 9.47 Å². The van der Waals surface area contributed by atoms with Crippen molar-refractivity contribution in [1.82, 2.24) is 9.80 Å². The number of aliphatic hydroxyl groups excluding tert-OH is 1. The number of hydrogen-bond acceptors (Lipinski definition) is 6. The normalized spacial score (nSPS) is 32.6. The van der Waals surface area contributed by atoms with Crippen LogP contribution in [-0.4, -0.2) is 78.1 Å². The van der Waals surface area contributed by atoms with E-state index in [2.05, 4.69) is 11.0 Å². The van der Waals surface area contributed by atoms with Crippen molar-refractivity contribution in [2.24, 2.45) is 11.8 Å². The molecule has 1 amide bonds. The van der Waals surface area contributed by atoms with Gasteiger partial charge >= 0.3 is 0 Å². The predicted molar refractivity (Wildman–Crippen MR) is 155 cm³/mol. The highest BCUT2D eigenvalue weighted by molar-refractivity contribution is 5.95. The molecular weight excluding hydrogens is 516 g/mol. The number of ether oxygens (including phenoxy) is 2. The Bertz CT molecular complexity index is 1330. The zero-order valence-corrected chi connectivity index (χ0v) is 24.3. The van der Waals surface area contributed by atoms with Gasteiger partial charge in [0.1, 0.15) is 6.10 Å². The van der Waals surface area contributed by atoms with Crippen LogP contribution in [0, 0.1) is 11.8 Å². The maximum atomic E-state index is 13.5. The number of benzene rings is 2. The highest BCUT2D eigenvalue weighted by Crippen LogP contribution is 2.64. The lowest BCUT2D eigenvalue weighted by Crippen LogP contribution is -2.69. The van der Waals surface area contributed by atoms with Crippen LogP contribution in [0.4, 0.5) is 0 Å². The predicted octanol–water partition coefficient (Wildman–Crippen LogP) is 4.39. The zero-order chi connectivity index (χ0) is 28.3. The number of likely N-dealkylation sites (tertiary alicyclic amines) is 1. The molecule has 2 bridgehead atoms. The van der Waals surface area contributed by atoms with E-state index in [9.17, 15) is 14.7 Å². The van der Waals surface area contributed by atoms with Crippen molar-refractivity contribution in [1.29, 1.82) is 0 Å². The number of unbranched alkanes of at least 4 members (excludes halogenated alkanes) is 1. The van der Waals surface area contributed by atoms with Crippen molar-refractivity contribution in [3.8, 4) is 11.5 Å². The first-order valence-electron chi connectivity index (χ1n) is 15.6. The third-order valence-corrected chi connectivity index (χ3v) is 11.0. The van der Waals surface area contributed by atoms with Crippen molar-refractivity contribution >= 4 is 11.7 Å². The van der Waals surface area contributed by atoms with Gasteiger partial charge in [0.15, 0.2) is 17.3 Å². The minimum Gasteiger partial charge on any atom is -0.493 e. The third-order valence-electron chi connectivity index (χ3n) is 11.0. The van der Waals surface area contributed by atoms with Gasteiger partial charge in [-0.15, -0.1) is 0 Å². The van der Waals surface area contributed by atoms with E-state index in [1.807, 2.05) is 48.3 Å². The van der Waals surface area contributed by atoms with Crippen LogP contribution in [0.1, 0.15) is 72.9 Å². The summed E-state index contributed by atoms with van der Waals surface area (Å²) < 4.78 is 12.7. The van der Waals surface area contributed by atoms with Gasteiger partial charge < -0.3 is 19.5 Å². The monoisotopic (exact) mass is 558 g/mol. The number of hydrogen-bond donors (Lipinski definition) is 1. The van der Waals surface area contributed by atoms with E-state index in [-0.39, 0.29) is 35.4 Å². The molecule has 2 aromatic rings. The highest BCUT2D eigenvalue weighted by atomic mass is 16.5. The van der Waals surface area contributed by atoms with Crippen molar-refractivity contribution in [2.45, 2.75) is 87.5 Å². The molecule has 1 N–H and O–H groups in total. The fourth-order valence-electron chi connectivity index (χ4n) is 8.79. The van der Waals surface area contributed by atoms with Crippen LogP contribution in [0.5, 0.6) is 11.5 Å². The SMILES string of the molecule is COc1ccc2c3c1O[C@H]1[C@H](N(C)C(=O)CCCCC(=O)c4ccccc4)CC[C@H]4[C@@H](C2)N(CC2CC2O)CC[C@@]341. The van der Waals surface area contributed by atoms with Gasteiger partial charge in [-0.2, -0.15) is 0 Å². The summed E-state index contributed by atoms with van der Waals surface area (Å²) in [6.07, 6.45) is 7.05. The molecule has 2 unspecified atom stereocenters. The molecule has 7 nitrogen and oxygen atoms in total. The summed E-state index contributed by atoms with van der Waals surface area (Å²) in [7, 11) is 3.66. The number of Topliss-reactive ketones (excluding diaryl/α,β-unsaturated/α-hetero) is 1. The molecule has 218 valence electrons. The Hall–Kier alpha value is -2.90. The molecule has 0 aromatic heterocycles. The zero-order valence-electron chi connectivity index (χ0n) is 24.3. The lowest BCUT2D eigenvalue weighted by atomic mass is 9.51. The second kappa shape index (κ2) is 10.4. The van der Waals surface area contributed by atoms with Crippen LogP contribution in [-0.2, 0) is 16.6 Å². The van der Waals surface area contributed by atoms with Gasteiger partial charge in [0, 0.05) is 54.9 Å². The first-order chi connectivity index (χ1) is 19.9. The molecule has 7 heteroatoms. The van der Waals surface area contributed by atoms with Crippen LogP contribution in [0.15, 0.2) is 42.5 Å². The molecule has 41 heavy (non-hydrogen) atoms. The molecule has 0 radical (unpaired) electrons. The largest absolute Gasteiger partial charge is 0.493 e. The lowest BCUT2D eigenvalue weighted by Gasteiger charge is -2.60. The standard InChI is InChI=1S/C34H42N2O5/c1-35(30(39)11-7-6-10-27(37)21-8-4-3-5-9-21)25-14-13-24-26-18-22-12-15-29(40-2)32-31(22)34(24,33(25)41-32)16-17-36(26)20-23-19-28(23)38/h3-5,8-9,12,15,23-26,28,33,38H,6-7,10-11,13-14,16-20H2,1-2H3/t23?,24-,25+,26+,28?,33-,34-/m0/s1. The van der Waals surface area contributed by atoms with E-state index in [1.54, 1.807) is 7.11 Å². The summed E-state index contributed by atoms with van der Waals surface area (Å²) >= 11 is 0. The average molecular weight is 559 g/mol. The topological polar surface area (TPSA) is 79.3 Å². The molecule has 3 fully saturated rings. The Morgan fingerprint density at radius 3 is 2.66 bits per heavy atom. The summed E-state index contributed by atoms with van der Waals surface area (Å²) in [4.78, 5) is 30.6. The Kier molecular flexibility index (Phi) is 6.86. The van der Waals surface area contributed by atoms with Crippen molar-refractivity contribution < 1.29 is 24.2 Å². The summed E-state index contributed by atoms with van der Waals surface area (Å²) in [5.74, 6) is 2.86. The number of ketones is 1. The smallest absolute Gasteiger partial charge is 0.222 e. The molecule has 5 aliphatic rings. The molecule has 7 rings (SSSR count). The van der Waals surface area contributed by atoms with Gasteiger partial charge in [0.05, 0.1) is 19.3 Å². The van der Waals surface area contributed by atoms with Crippen LogP contribution >= 0.6 is 0 Å². The van der Waals surface area contributed by atoms with E-state index < -0.39 is 0 Å². The molecule has 7 atom stereocenters. The van der Waals surface area contributed by atoms with Crippen LogP contribution in [0.25, 0.3) is 0 Å². The van der Waals surface area contributed by atoms with Gasteiger partial charge in [-0.3, -0.25) is 14.5 Å². The van der Waals surface area contributed by atoms with E-state index in [1.165, 1.54) is 11.1 Å². The second-order valence-electron chi connectivity index (χ2n) is 13.0. The second-order valence-corrected chi connectivity index (χ2v) is 13.0. The van der Waals surface area contributed by atoms with E-state index in [0.717, 1.165) is 62.3 Å². The first kappa shape index (κ1) is 27.0. The maximum absolute atomic E-state index is 13.5. The van der Waals surface area contributed by atoms with E-state index in [0.29, 0.717) is 43.6 Å². The minimum absolute atomic E-state index is 0.00483. The Morgan fingerprint density at radius 2 is 1.90 bits per heavy atom. The fourth-order valence-corrected chi connectivity index (χ4v) is 8.79. The van der Waals surface area contributed by atoms with Crippen molar-refractivity contribution in [3.05, 3.63) is 59.2 Å². The summed E-state index contributed by atoms with van der Waals surface area (Å²) in [5.41, 5.74) is 3.34. The maximum Gasteiger partial charge on any atom is 0.222 e. The number of carbonyl (C=O) groups excluding carboxylic acids is 2. The minimum atomic E-state index is -0.132. The van der Waals surface area contributed by atoms with Crippen LogP contribution in [0.3, 0.4) is 0 Å². The van der Waals surface area contributed by atoms with Crippen LogP contribution in [0.2, 0.25) is 0 Å². The number of nitrogens with zero attached hydrogens (tertiary/aromatic N) is 2. The quantitative estimate of drug-likeness (QED) is 0.344. The Balaban J connectivity index is 1.08. The molecule has 1 spiro atoms. The Labute approximate surface area is 242 Å². The molecule has 2 heterocycles. The van der Waals surface area contributed by atoms with Crippen molar-refractivity contribution in [2.75, 3.05) is 27.2 Å². The fraction of sp³-hybridized carbons (Fsp3) is 0.588. The Morgan fingerprint density at radius 1 is 1.12 bits per heavy atom. The average Bonchev–Trinajstić information content (AvgIpc) is 3.58. The van der Waals surface area contributed by atoms with Gasteiger partial charge in [0.2, 0.25) is 5.91 Å². The summed E-state index contributed by atoms with van der Waals surface area (Å²) in [6.45, 7) is 1.98. The number of piperidine rings is 1. The lowest BCUT2D eigenvalue weighted by molar-refractivity contribution is -0.140. The van der Waals surface area contributed by atoms with Gasteiger partial charge in [-0.05, 0) is 69.0 Å². The van der Waals surface area contributed by atoms with Gasteiger partial charge in [-0.1, -0.05) is 36.4 Å². The number of methoxy groups -OCH3 is 1. The third kappa shape index (κ3) is 4.38. The number of aliphatic hydroxyl groups is 1. The molecule has 2 aliphatic heterocycles. The molecule has 3 aliphatic carbocycles. The number of carbonyl (C=O) groups is 2. The van der Waals surface area contributed by atoms with Crippen molar-refractivity contribution in [3.63, 3.8) is 0 Å². The highest BCUT2D eigenvalue weighted by Gasteiger charge is 2.66. The molecule has 2 aromatic carbocycles. The molecule has 1 saturated heterocycles. The summed E-state index contributed by atoms with van der Waals surface area (Å²) in [6, 6.07) is 14.1. The van der Waals surface area contributed by atoms with Crippen LogP contribution < -0.4 is 9.47 Å². The van der Waals surface area contributed by atoms with E-state index >= 15 is 0 Å².